The van der Waals surface area contributed by atoms with Gasteiger partial charge in [-0.05, 0) is 12.1 Å². The first-order valence-corrected chi connectivity index (χ1v) is 7.52. The minimum absolute atomic E-state index is 0.0833. The van der Waals surface area contributed by atoms with E-state index in [-0.39, 0.29) is 13.0 Å². The number of halogens is 1. The Morgan fingerprint density at radius 3 is 2.80 bits per heavy atom. The van der Waals surface area contributed by atoms with E-state index in [1.165, 1.54) is 0 Å². The van der Waals surface area contributed by atoms with Crippen molar-refractivity contribution in [3.8, 4) is 0 Å². The van der Waals surface area contributed by atoms with Crippen molar-refractivity contribution in [2.24, 2.45) is 0 Å². The maximum atomic E-state index is 13.4. The molecule has 0 amide bonds. The summed E-state index contributed by atoms with van der Waals surface area (Å²) in [6.45, 7) is -0.137. The van der Waals surface area contributed by atoms with Crippen LogP contribution in [0.3, 0.4) is 0 Å². The number of benzene rings is 1. The lowest BCUT2D eigenvalue weighted by Crippen LogP contribution is -2.36. The van der Waals surface area contributed by atoms with Gasteiger partial charge in [0.1, 0.15) is 12.7 Å². The highest BCUT2D eigenvalue weighted by Gasteiger charge is 2.36. The highest BCUT2D eigenvalue weighted by molar-refractivity contribution is 5.89. The molecule has 2 aromatic rings. The van der Waals surface area contributed by atoms with Crippen LogP contribution in [-0.4, -0.2) is 39.4 Å². The van der Waals surface area contributed by atoms with Gasteiger partial charge in [-0.25, -0.2) is 9.59 Å². The number of rotatable bonds is 4. The summed E-state index contributed by atoms with van der Waals surface area (Å²) in [7, 11) is 0. The Morgan fingerprint density at radius 2 is 2.08 bits per heavy atom. The predicted molar refractivity (Wildman–Crippen MR) is 82.5 cm³/mol. The average molecular weight is 350 g/mol. The molecular weight excluding hydrogens is 335 g/mol. The summed E-state index contributed by atoms with van der Waals surface area (Å²) in [5, 5.41) is 10.0. The SMILES string of the molecule is O=C(OC[C@@H]1C[C@H](O)[C@H](n2cc(F)c(=O)[nH]c2=O)O1)c1ccccc1. The Morgan fingerprint density at radius 1 is 1.36 bits per heavy atom. The molecule has 1 aliphatic rings. The first kappa shape index (κ1) is 17.1. The topological polar surface area (TPSA) is 111 Å². The van der Waals surface area contributed by atoms with Gasteiger partial charge in [-0.15, -0.1) is 0 Å². The van der Waals surface area contributed by atoms with Gasteiger partial charge in [-0.3, -0.25) is 14.3 Å². The number of hydrogen-bond donors (Lipinski definition) is 2. The van der Waals surface area contributed by atoms with Crippen molar-refractivity contribution in [3.05, 3.63) is 68.7 Å². The maximum absolute atomic E-state index is 13.4. The molecule has 0 unspecified atom stereocenters. The fraction of sp³-hybridized carbons (Fsp3) is 0.312. The van der Waals surface area contributed by atoms with Gasteiger partial charge < -0.3 is 14.6 Å². The molecule has 3 rings (SSSR count). The van der Waals surface area contributed by atoms with Crippen molar-refractivity contribution in [1.29, 1.82) is 0 Å². The first-order chi connectivity index (χ1) is 12.0. The van der Waals surface area contributed by atoms with Crippen LogP contribution in [-0.2, 0) is 9.47 Å². The van der Waals surface area contributed by atoms with E-state index in [1.807, 2.05) is 0 Å². The zero-order valence-electron chi connectivity index (χ0n) is 12.9. The number of nitrogens with one attached hydrogen (secondary N) is 1. The number of aliphatic hydroxyl groups is 1. The van der Waals surface area contributed by atoms with Gasteiger partial charge in [0.15, 0.2) is 6.23 Å². The molecule has 2 heterocycles. The summed E-state index contributed by atoms with van der Waals surface area (Å²) in [5.41, 5.74) is -1.68. The first-order valence-electron chi connectivity index (χ1n) is 7.52. The van der Waals surface area contributed by atoms with E-state index in [2.05, 4.69) is 0 Å². The molecular formula is C16H15FN2O6. The number of esters is 1. The van der Waals surface area contributed by atoms with Crippen molar-refractivity contribution in [1.82, 2.24) is 9.55 Å². The molecule has 1 aromatic heterocycles. The van der Waals surface area contributed by atoms with Gasteiger partial charge in [0.05, 0.1) is 17.9 Å². The summed E-state index contributed by atoms with van der Waals surface area (Å²) in [6, 6.07) is 8.34. The lowest BCUT2D eigenvalue weighted by molar-refractivity contribution is -0.0575. The molecule has 132 valence electrons. The summed E-state index contributed by atoms with van der Waals surface area (Å²) in [5.74, 6) is -1.72. The molecule has 3 atom stereocenters. The van der Waals surface area contributed by atoms with E-state index >= 15 is 0 Å². The van der Waals surface area contributed by atoms with Crippen molar-refractivity contribution in [3.63, 3.8) is 0 Å². The van der Waals surface area contributed by atoms with Gasteiger partial charge in [0.2, 0.25) is 5.82 Å². The minimum Gasteiger partial charge on any atom is -0.459 e. The largest absolute Gasteiger partial charge is 0.459 e. The third-order valence-corrected chi connectivity index (χ3v) is 3.77. The molecule has 0 bridgehead atoms. The van der Waals surface area contributed by atoms with Gasteiger partial charge in [-0.1, -0.05) is 18.2 Å². The van der Waals surface area contributed by atoms with Crippen LogP contribution in [0.4, 0.5) is 4.39 Å². The number of hydrogen-bond acceptors (Lipinski definition) is 6. The monoisotopic (exact) mass is 350 g/mol. The summed E-state index contributed by atoms with van der Waals surface area (Å²) in [4.78, 5) is 36.5. The molecule has 0 radical (unpaired) electrons. The Hall–Kier alpha value is -2.78. The molecule has 9 heteroatoms. The Bertz CT molecular complexity index is 878. The Labute approximate surface area is 140 Å². The van der Waals surface area contributed by atoms with Crippen molar-refractivity contribution >= 4 is 5.97 Å². The quantitative estimate of drug-likeness (QED) is 0.761. The number of aromatic nitrogens is 2. The van der Waals surface area contributed by atoms with Gasteiger partial charge >= 0.3 is 11.7 Å². The van der Waals surface area contributed by atoms with Gasteiger partial charge in [-0.2, -0.15) is 4.39 Å². The van der Waals surface area contributed by atoms with Crippen molar-refractivity contribution in [2.75, 3.05) is 6.61 Å². The third kappa shape index (κ3) is 3.67. The van der Waals surface area contributed by atoms with E-state index in [9.17, 15) is 23.9 Å². The van der Waals surface area contributed by atoms with E-state index in [4.69, 9.17) is 9.47 Å². The van der Waals surface area contributed by atoms with Crippen LogP contribution >= 0.6 is 0 Å². The molecule has 0 spiro atoms. The number of nitrogens with zero attached hydrogens (tertiary/aromatic N) is 1. The fourth-order valence-corrected chi connectivity index (χ4v) is 2.56. The average Bonchev–Trinajstić information content (AvgIpc) is 2.97. The molecule has 1 aromatic carbocycles. The highest BCUT2D eigenvalue weighted by atomic mass is 19.1. The summed E-state index contributed by atoms with van der Waals surface area (Å²) < 4.78 is 24.7. The number of carbonyl (C=O) groups is 1. The Kier molecular flexibility index (Phi) is 4.77. The van der Waals surface area contributed by atoms with Gasteiger partial charge in [0.25, 0.3) is 5.56 Å². The second kappa shape index (κ2) is 6.99. The lowest BCUT2D eigenvalue weighted by Gasteiger charge is -2.17. The molecule has 25 heavy (non-hydrogen) atoms. The number of aromatic amines is 1. The number of H-pyrrole nitrogens is 1. The lowest BCUT2D eigenvalue weighted by atomic mass is 10.2. The Balaban J connectivity index is 1.66. The van der Waals surface area contributed by atoms with Crippen LogP contribution in [0.25, 0.3) is 0 Å². The number of ether oxygens (including phenoxy) is 2. The second-order valence-corrected chi connectivity index (χ2v) is 5.56. The molecule has 0 saturated carbocycles. The number of aliphatic hydroxyl groups excluding tert-OH is 1. The van der Waals surface area contributed by atoms with Crippen LogP contribution in [0.15, 0.2) is 46.1 Å². The highest BCUT2D eigenvalue weighted by Crippen LogP contribution is 2.28. The molecule has 0 aliphatic carbocycles. The summed E-state index contributed by atoms with van der Waals surface area (Å²) >= 11 is 0. The zero-order valence-corrected chi connectivity index (χ0v) is 12.9. The molecule has 2 N–H and O–H groups in total. The predicted octanol–water partition coefficient (Wildman–Crippen LogP) is 0.181. The molecule has 1 saturated heterocycles. The van der Waals surface area contributed by atoms with E-state index < -0.39 is 41.5 Å². The van der Waals surface area contributed by atoms with Crippen molar-refractivity contribution in [2.45, 2.75) is 24.9 Å². The van der Waals surface area contributed by atoms with Crippen molar-refractivity contribution < 1.29 is 23.8 Å². The van der Waals surface area contributed by atoms with Crippen LogP contribution in [0, 0.1) is 5.82 Å². The molecule has 8 nitrogen and oxygen atoms in total. The van der Waals surface area contributed by atoms with E-state index in [1.54, 1.807) is 35.3 Å². The minimum atomic E-state index is -1.18. The molecule has 1 fully saturated rings. The maximum Gasteiger partial charge on any atom is 0.338 e. The third-order valence-electron chi connectivity index (χ3n) is 3.77. The zero-order chi connectivity index (χ0) is 18.0. The van der Waals surface area contributed by atoms with E-state index in [0.717, 1.165) is 4.57 Å². The van der Waals surface area contributed by atoms with Crippen LogP contribution in [0.1, 0.15) is 23.0 Å². The molecule has 1 aliphatic heterocycles. The van der Waals surface area contributed by atoms with Crippen LogP contribution < -0.4 is 11.2 Å². The summed E-state index contributed by atoms with van der Waals surface area (Å²) in [6.07, 6.45) is -2.22. The van der Waals surface area contributed by atoms with Crippen LogP contribution in [0.2, 0.25) is 0 Å². The number of carbonyl (C=O) groups excluding carboxylic acids is 1. The van der Waals surface area contributed by atoms with E-state index in [0.29, 0.717) is 11.8 Å². The van der Waals surface area contributed by atoms with Gasteiger partial charge in [0, 0.05) is 6.42 Å². The smallest absolute Gasteiger partial charge is 0.338 e. The standard InChI is InChI=1S/C16H15FN2O6/c17-11-7-19(16(23)18-13(11)21)14-12(20)6-10(25-14)8-24-15(22)9-4-2-1-3-5-9/h1-5,7,10,12,14,20H,6,8H2,(H,18,21,23)/t10-,12-,14+/m0/s1. The normalized spacial score (nSPS) is 22.7. The second-order valence-electron chi connectivity index (χ2n) is 5.56. The fourth-order valence-electron chi connectivity index (χ4n) is 2.56. The van der Waals surface area contributed by atoms with Crippen LogP contribution in [0.5, 0.6) is 0 Å².